The fourth-order valence-corrected chi connectivity index (χ4v) is 6.69. The standard InChI is InChI=1S/C41H25NO/c1-2-10-26(11-3-1)40-31-14-6-8-16-33(31)41(34-17-9-7-15-32(34)40)30-18-20-37(42-25-30)29-19-21-38-35(23-29)36-22-27-12-4-5-13-28(27)24-39(36)43-38/h1-25H. The molecule has 2 heteroatoms. The van der Waals surface area contributed by atoms with Crippen molar-refractivity contribution in [3.05, 3.63) is 152 Å². The first-order chi connectivity index (χ1) is 21.3. The van der Waals surface area contributed by atoms with Crippen molar-refractivity contribution < 1.29 is 4.42 Å². The van der Waals surface area contributed by atoms with Gasteiger partial charge in [0.25, 0.3) is 0 Å². The van der Waals surface area contributed by atoms with Gasteiger partial charge in [-0.3, -0.25) is 4.98 Å². The Morgan fingerprint density at radius 3 is 1.58 bits per heavy atom. The lowest BCUT2D eigenvalue weighted by Gasteiger charge is -2.17. The Labute approximate surface area is 248 Å². The minimum Gasteiger partial charge on any atom is -0.456 e. The Balaban J connectivity index is 1.20. The van der Waals surface area contributed by atoms with Crippen LogP contribution in [0.1, 0.15) is 0 Å². The summed E-state index contributed by atoms with van der Waals surface area (Å²) >= 11 is 0. The average Bonchev–Trinajstić information content (AvgIpc) is 3.43. The second-order valence-electron chi connectivity index (χ2n) is 11.1. The van der Waals surface area contributed by atoms with E-state index >= 15 is 0 Å². The van der Waals surface area contributed by atoms with Gasteiger partial charge in [0.2, 0.25) is 0 Å². The van der Waals surface area contributed by atoms with Crippen molar-refractivity contribution in [1.29, 1.82) is 0 Å². The van der Waals surface area contributed by atoms with Gasteiger partial charge >= 0.3 is 0 Å². The number of furan rings is 1. The molecule has 2 nitrogen and oxygen atoms in total. The van der Waals surface area contributed by atoms with Gasteiger partial charge in [0, 0.05) is 28.1 Å². The molecule has 0 saturated carbocycles. The van der Waals surface area contributed by atoms with Crippen LogP contribution in [0.2, 0.25) is 0 Å². The van der Waals surface area contributed by atoms with Crippen LogP contribution in [0.3, 0.4) is 0 Å². The molecule has 2 heterocycles. The van der Waals surface area contributed by atoms with Gasteiger partial charge in [-0.05, 0) is 85.4 Å². The van der Waals surface area contributed by atoms with E-state index in [0.29, 0.717) is 0 Å². The minimum atomic E-state index is 0.891. The third-order valence-corrected chi connectivity index (χ3v) is 8.68. The van der Waals surface area contributed by atoms with E-state index < -0.39 is 0 Å². The monoisotopic (exact) mass is 547 g/mol. The Morgan fingerprint density at radius 2 is 0.930 bits per heavy atom. The Morgan fingerprint density at radius 1 is 0.372 bits per heavy atom. The summed E-state index contributed by atoms with van der Waals surface area (Å²) in [5, 5.41) is 9.58. The van der Waals surface area contributed by atoms with Gasteiger partial charge in [-0.2, -0.15) is 0 Å². The molecule has 0 radical (unpaired) electrons. The summed E-state index contributed by atoms with van der Waals surface area (Å²) in [6, 6.07) is 51.7. The smallest absolute Gasteiger partial charge is 0.136 e. The van der Waals surface area contributed by atoms with E-state index in [1.54, 1.807) is 0 Å². The van der Waals surface area contributed by atoms with Crippen molar-refractivity contribution in [3.8, 4) is 33.5 Å². The van der Waals surface area contributed by atoms with Crippen LogP contribution < -0.4 is 0 Å². The van der Waals surface area contributed by atoms with Crippen molar-refractivity contribution in [3.63, 3.8) is 0 Å². The molecule has 0 N–H and O–H groups in total. The highest BCUT2D eigenvalue weighted by molar-refractivity contribution is 6.21. The number of hydrogen-bond acceptors (Lipinski definition) is 2. The van der Waals surface area contributed by atoms with Gasteiger partial charge < -0.3 is 4.42 Å². The maximum absolute atomic E-state index is 6.23. The number of rotatable bonds is 3. The van der Waals surface area contributed by atoms with Crippen LogP contribution in [-0.4, -0.2) is 4.98 Å². The van der Waals surface area contributed by atoms with Crippen LogP contribution in [0.25, 0.3) is 87.8 Å². The third-order valence-electron chi connectivity index (χ3n) is 8.68. The molecule has 7 aromatic carbocycles. The molecule has 200 valence electrons. The fraction of sp³-hybridized carbons (Fsp3) is 0. The summed E-state index contributed by atoms with van der Waals surface area (Å²) in [5.41, 5.74) is 8.64. The zero-order chi connectivity index (χ0) is 28.3. The van der Waals surface area contributed by atoms with Crippen molar-refractivity contribution >= 4 is 54.3 Å². The summed E-state index contributed by atoms with van der Waals surface area (Å²) in [7, 11) is 0. The van der Waals surface area contributed by atoms with Gasteiger partial charge in [0.1, 0.15) is 11.2 Å². The zero-order valence-electron chi connectivity index (χ0n) is 23.3. The van der Waals surface area contributed by atoms with Gasteiger partial charge in [0.15, 0.2) is 0 Å². The van der Waals surface area contributed by atoms with Crippen molar-refractivity contribution in [2.75, 3.05) is 0 Å². The maximum atomic E-state index is 6.23. The quantitative estimate of drug-likeness (QED) is 0.206. The minimum absolute atomic E-state index is 0.891. The van der Waals surface area contributed by atoms with Crippen LogP contribution >= 0.6 is 0 Å². The van der Waals surface area contributed by atoms with Crippen LogP contribution in [0.15, 0.2) is 156 Å². The van der Waals surface area contributed by atoms with Crippen molar-refractivity contribution in [2.24, 2.45) is 0 Å². The molecular weight excluding hydrogens is 522 g/mol. The summed E-state index contributed by atoms with van der Waals surface area (Å²) in [5.74, 6) is 0. The van der Waals surface area contributed by atoms with Crippen LogP contribution in [0.5, 0.6) is 0 Å². The molecule has 0 aliphatic carbocycles. The van der Waals surface area contributed by atoms with Gasteiger partial charge in [-0.25, -0.2) is 0 Å². The van der Waals surface area contributed by atoms with E-state index in [1.165, 1.54) is 49.0 Å². The molecule has 0 unspecified atom stereocenters. The Hall–Kier alpha value is -5.73. The number of fused-ring (bicyclic) bond motifs is 6. The molecule has 0 bridgehead atoms. The molecule has 0 spiro atoms. The van der Waals surface area contributed by atoms with Gasteiger partial charge in [-0.1, -0.05) is 109 Å². The van der Waals surface area contributed by atoms with E-state index in [9.17, 15) is 0 Å². The largest absolute Gasteiger partial charge is 0.456 e. The Kier molecular flexibility index (Phi) is 5.23. The van der Waals surface area contributed by atoms with Crippen LogP contribution in [0.4, 0.5) is 0 Å². The molecule has 9 rings (SSSR count). The van der Waals surface area contributed by atoms with E-state index in [0.717, 1.165) is 38.8 Å². The molecule has 0 amide bonds. The summed E-state index contributed by atoms with van der Waals surface area (Å²) in [4.78, 5) is 5.01. The number of benzene rings is 7. The molecule has 0 saturated heterocycles. The molecule has 43 heavy (non-hydrogen) atoms. The number of hydrogen-bond donors (Lipinski definition) is 0. The van der Waals surface area contributed by atoms with E-state index in [-0.39, 0.29) is 0 Å². The molecule has 2 aromatic heterocycles. The normalized spacial score (nSPS) is 11.7. The lowest BCUT2D eigenvalue weighted by Crippen LogP contribution is -1.91. The second-order valence-corrected chi connectivity index (χ2v) is 11.1. The summed E-state index contributed by atoms with van der Waals surface area (Å²) in [6.45, 7) is 0. The predicted octanol–water partition coefficient (Wildman–Crippen LogP) is 11.4. The molecular formula is C41H25NO. The maximum Gasteiger partial charge on any atom is 0.136 e. The molecule has 0 atom stereocenters. The highest BCUT2D eigenvalue weighted by atomic mass is 16.3. The van der Waals surface area contributed by atoms with Crippen LogP contribution in [-0.2, 0) is 0 Å². The number of nitrogens with zero attached hydrogens (tertiary/aromatic N) is 1. The topological polar surface area (TPSA) is 26.0 Å². The number of pyridine rings is 1. The van der Waals surface area contributed by atoms with E-state index in [4.69, 9.17) is 9.40 Å². The van der Waals surface area contributed by atoms with E-state index in [1.807, 2.05) is 6.20 Å². The summed E-state index contributed by atoms with van der Waals surface area (Å²) < 4.78 is 6.23. The zero-order valence-corrected chi connectivity index (χ0v) is 23.3. The second kappa shape index (κ2) is 9.40. The number of aromatic nitrogens is 1. The first-order valence-electron chi connectivity index (χ1n) is 14.6. The summed E-state index contributed by atoms with van der Waals surface area (Å²) in [6.07, 6.45) is 2.02. The Bertz CT molecular complexity index is 2430. The molecule has 9 aromatic rings. The molecule has 0 fully saturated rings. The molecule has 0 aliphatic rings. The average molecular weight is 548 g/mol. The highest BCUT2D eigenvalue weighted by Crippen LogP contribution is 2.43. The van der Waals surface area contributed by atoms with Crippen molar-refractivity contribution in [2.45, 2.75) is 0 Å². The lowest BCUT2D eigenvalue weighted by molar-refractivity contribution is 0.669. The third kappa shape index (κ3) is 3.77. The van der Waals surface area contributed by atoms with Gasteiger partial charge in [0.05, 0.1) is 5.69 Å². The fourth-order valence-electron chi connectivity index (χ4n) is 6.69. The highest BCUT2D eigenvalue weighted by Gasteiger charge is 2.17. The van der Waals surface area contributed by atoms with E-state index in [2.05, 4.69) is 146 Å². The lowest BCUT2D eigenvalue weighted by atomic mass is 9.86. The van der Waals surface area contributed by atoms with Gasteiger partial charge in [-0.15, -0.1) is 0 Å². The van der Waals surface area contributed by atoms with Crippen LogP contribution in [0, 0.1) is 0 Å². The van der Waals surface area contributed by atoms with Crippen molar-refractivity contribution in [1.82, 2.24) is 4.98 Å². The first-order valence-corrected chi connectivity index (χ1v) is 14.6. The molecule has 0 aliphatic heterocycles. The predicted molar refractivity (Wildman–Crippen MR) is 180 cm³/mol. The SMILES string of the molecule is c1ccc(-c2c3ccccc3c(-c3ccc(-c4ccc5oc6cc7ccccc7cc6c5c4)nc3)c3ccccc23)cc1. The first kappa shape index (κ1) is 23.9.